The van der Waals surface area contributed by atoms with E-state index in [1.54, 1.807) is 6.08 Å². The lowest BCUT2D eigenvalue weighted by Crippen LogP contribution is -2.27. The Morgan fingerprint density at radius 3 is 2.52 bits per heavy atom. The number of thioether (sulfide) groups is 1. The number of imide groups is 1. The van der Waals surface area contributed by atoms with Crippen LogP contribution in [-0.2, 0) is 11.3 Å². The van der Waals surface area contributed by atoms with E-state index in [-0.39, 0.29) is 24.3 Å². The summed E-state index contributed by atoms with van der Waals surface area (Å²) in [6.07, 6.45) is 6.95. The van der Waals surface area contributed by atoms with Gasteiger partial charge in [-0.1, -0.05) is 48.4 Å². The fourth-order valence-electron chi connectivity index (χ4n) is 3.30. The summed E-state index contributed by atoms with van der Waals surface area (Å²) < 4.78 is 6.90. The first kappa shape index (κ1) is 21.7. The van der Waals surface area contributed by atoms with Crippen LogP contribution >= 0.6 is 43.6 Å². The molecule has 1 saturated heterocycles. The Morgan fingerprint density at radius 1 is 1.06 bits per heavy atom. The van der Waals surface area contributed by atoms with Gasteiger partial charge in [-0.25, -0.2) is 0 Å². The molecule has 7 heteroatoms. The number of rotatable bonds is 5. The van der Waals surface area contributed by atoms with Gasteiger partial charge in [0, 0.05) is 0 Å². The Kier molecular flexibility index (Phi) is 6.51. The van der Waals surface area contributed by atoms with Crippen molar-refractivity contribution in [1.82, 2.24) is 4.90 Å². The maximum atomic E-state index is 13.0. The van der Waals surface area contributed by atoms with E-state index in [2.05, 4.69) is 37.8 Å². The van der Waals surface area contributed by atoms with Crippen molar-refractivity contribution >= 4 is 71.6 Å². The molecule has 0 bridgehead atoms. The lowest BCUT2D eigenvalue weighted by atomic mass is 10.0. The van der Waals surface area contributed by atoms with Gasteiger partial charge in [-0.3, -0.25) is 14.5 Å². The Hall–Kier alpha value is -2.53. The van der Waals surface area contributed by atoms with Crippen LogP contribution in [0, 0.1) is 12.3 Å². The smallest absolute Gasteiger partial charge is 0.293 e. The normalized spacial score (nSPS) is 15.0. The average Bonchev–Trinajstić information content (AvgIpc) is 3.01. The molecular formula is C24H15Br2NO3S. The molecule has 0 N–H and O–H groups in total. The van der Waals surface area contributed by atoms with E-state index in [1.165, 1.54) is 4.90 Å². The summed E-state index contributed by atoms with van der Waals surface area (Å²) in [5.41, 5.74) is 1.68. The molecule has 1 fully saturated rings. The summed E-state index contributed by atoms with van der Waals surface area (Å²) in [7, 11) is 0. The second-order valence-corrected chi connectivity index (χ2v) is 9.41. The predicted molar refractivity (Wildman–Crippen MR) is 132 cm³/mol. The molecule has 0 aromatic heterocycles. The number of terminal acetylenes is 1. The SMILES string of the molecule is C#CCOc1c(Br)cc(/C=C2/SC(=O)N(Cc3cccc4ccccc34)C2=O)cc1Br. The number of benzene rings is 3. The van der Waals surface area contributed by atoms with E-state index in [0.717, 1.165) is 33.7 Å². The third kappa shape index (κ3) is 4.57. The van der Waals surface area contributed by atoms with Crippen LogP contribution in [0.2, 0.25) is 0 Å². The number of nitrogens with zero attached hydrogens (tertiary/aromatic N) is 1. The predicted octanol–water partition coefficient (Wildman–Crippen LogP) is 6.61. The fraction of sp³-hybridized carbons (Fsp3) is 0.0833. The van der Waals surface area contributed by atoms with Crippen molar-refractivity contribution in [3.63, 3.8) is 0 Å². The molecule has 3 aromatic carbocycles. The number of amides is 2. The van der Waals surface area contributed by atoms with Gasteiger partial charge < -0.3 is 4.74 Å². The fourth-order valence-corrected chi connectivity index (χ4v) is 5.59. The molecule has 0 saturated carbocycles. The summed E-state index contributed by atoms with van der Waals surface area (Å²) in [6, 6.07) is 17.5. The van der Waals surface area contributed by atoms with Crippen LogP contribution < -0.4 is 4.74 Å². The number of carbonyl (C=O) groups is 2. The van der Waals surface area contributed by atoms with E-state index in [1.807, 2.05) is 54.6 Å². The molecule has 31 heavy (non-hydrogen) atoms. The van der Waals surface area contributed by atoms with Gasteiger partial charge in [0.1, 0.15) is 12.4 Å². The first-order chi connectivity index (χ1) is 15.0. The minimum absolute atomic E-state index is 0.142. The van der Waals surface area contributed by atoms with Crippen molar-refractivity contribution in [2.45, 2.75) is 6.54 Å². The zero-order valence-electron chi connectivity index (χ0n) is 16.1. The molecule has 1 aliphatic rings. The van der Waals surface area contributed by atoms with Crippen molar-refractivity contribution in [2.24, 2.45) is 0 Å². The van der Waals surface area contributed by atoms with Crippen LogP contribution in [0.1, 0.15) is 11.1 Å². The van der Waals surface area contributed by atoms with E-state index >= 15 is 0 Å². The Balaban J connectivity index is 1.60. The van der Waals surface area contributed by atoms with Gasteiger partial charge in [-0.2, -0.15) is 0 Å². The van der Waals surface area contributed by atoms with Crippen LogP contribution in [0.4, 0.5) is 4.79 Å². The molecule has 1 aliphatic heterocycles. The zero-order chi connectivity index (χ0) is 22.0. The minimum atomic E-state index is -0.303. The van der Waals surface area contributed by atoms with Gasteiger partial charge in [-0.15, -0.1) is 6.42 Å². The van der Waals surface area contributed by atoms with Gasteiger partial charge in [0.2, 0.25) is 0 Å². The summed E-state index contributed by atoms with van der Waals surface area (Å²) >= 11 is 7.86. The van der Waals surface area contributed by atoms with Crippen LogP contribution in [0.15, 0.2) is 68.4 Å². The number of ether oxygens (including phenoxy) is 1. The molecule has 1 heterocycles. The standard InChI is InChI=1S/C24H15Br2NO3S/c1-2-10-30-22-19(25)11-15(12-20(22)26)13-21-23(28)27(24(29)31-21)14-17-8-5-7-16-6-3-4-9-18(16)17/h1,3-9,11-13H,10,14H2/b21-13+. The largest absolute Gasteiger partial charge is 0.479 e. The first-order valence-electron chi connectivity index (χ1n) is 9.25. The molecule has 0 aliphatic carbocycles. The van der Waals surface area contributed by atoms with Crippen molar-refractivity contribution in [2.75, 3.05) is 6.61 Å². The average molecular weight is 557 g/mol. The number of carbonyl (C=O) groups excluding carboxylic acids is 2. The second-order valence-electron chi connectivity index (χ2n) is 6.71. The molecule has 4 rings (SSSR count). The van der Waals surface area contributed by atoms with Gasteiger partial charge in [0.05, 0.1) is 20.4 Å². The van der Waals surface area contributed by atoms with E-state index in [0.29, 0.717) is 19.6 Å². The second kappa shape index (κ2) is 9.31. The van der Waals surface area contributed by atoms with Gasteiger partial charge in [0.25, 0.3) is 11.1 Å². The summed E-state index contributed by atoms with van der Waals surface area (Å²) in [6.45, 7) is 0.374. The monoisotopic (exact) mass is 555 g/mol. The van der Waals surface area contributed by atoms with Gasteiger partial charge in [0.15, 0.2) is 0 Å². The topological polar surface area (TPSA) is 46.6 Å². The van der Waals surface area contributed by atoms with E-state index < -0.39 is 0 Å². The first-order valence-corrected chi connectivity index (χ1v) is 11.7. The molecule has 0 unspecified atom stereocenters. The maximum absolute atomic E-state index is 13.0. The van der Waals surface area contributed by atoms with Crippen LogP contribution in [0.25, 0.3) is 16.8 Å². The van der Waals surface area contributed by atoms with Gasteiger partial charge in [-0.05, 0) is 83.7 Å². The van der Waals surface area contributed by atoms with Crippen molar-refractivity contribution < 1.29 is 14.3 Å². The van der Waals surface area contributed by atoms with Crippen molar-refractivity contribution in [3.05, 3.63) is 79.6 Å². The minimum Gasteiger partial charge on any atom is -0.479 e. The van der Waals surface area contributed by atoms with E-state index in [9.17, 15) is 9.59 Å². The van der Waals surface area contributed by atoms with Crippen LogP contribution in [0.3, 0.4) is 0 Å². The molecule has 0 spiro atoms. The molecular weight excluding hydrogens is 542 g/mol. The van der Waals surface area contributed by atoms with E-state index in [4.69, 9.17) is 11.2 Å². The highest BCUT2D eigenvalue weighted by Crippen LogP contribution is 2.38. The quantitative estimate of drug-likeness (QED) is 0.262. The highest BCUT2D eigenvalue weighted by Gasteiger charge is 2.35. The summed E-state index contributed by atoms with van der Waals surface area (Å²) in [4.78, 5) is 27.2. The Labute approximate surface area is 200 Å². The number of fused-ring (bicyclic) bond motifs is 1. The van der Waals surface area contributed by atoms with Crippen LogP contribution in [-0.4, -0.2) is 22.7 Å². The Bertz CT molecular complexity index is 1250. The molecule has 154 valence electrons. The molecule has 4 nitrogen and oxygen atoms in total. The third-order valence-corrected chi connectivity index (χ3v) is 6.79. The van der Waals surface area contributed by atoms with Crippen LogP contribution in [0.5, 0.6) is 5.75 Å². The number of hydrogen-bond donors (Lipinski definition) is 0. The van der Waals surface area contributed by atoms with Gasteiger partial charge >= 0.3 is 0 Å². The number of hydrogen-bond acceptors (Lipinski definition) is 4. The molecule has 2 amide bonds. The maximum Gasteiger partial charge on any atom is 0.293 e. The summed E-state index contributed by atoms with van der Waals surface area (Å²) in [5.74, 6) is 2.70. The Morgan fingerprint density at radius 2 is 1.77 bits per heavy atom. The van der Waals surface area contributed by atoms with Crippen molar-refractivity contribution in [3.8, 4) is 18.1 Å². The number of halogens is 2. The lowest BCUT2D eigenvalue weighted by molar-refractivity contribution is -0.123. The highest BCUT2D eigenvalue weighted by molar-refractivity contribution is 9.11. The molecule has 3 aromatic rings. The lowest BCUT2D eigenvalue weighted by Gasteiger charge is -2.14. The molecule has 0 atom stereocenters. The third-order valence-electron chi connectivity index (χ3n) is 4.70. The highest BCUT2D eigenvalue weighted by atomic mass is 79.9. The molecule has 0 radical (unpaired) electrons. The van der Waals surface area contributed by atoms with Crippen molar-refractivity contribution in [1.29, 1.82) is 0 Å². The summed E-state index contributed by atoms with van der Waals surface area (Å²) in [5, 5.41) is 1.82. The zero-order valence-corrected chi connectivity index (χ0v) is 20.1.